The first-order chi connectivity index (χ1) is 9.46. The van der Waals surface area contributed by atoms with Crippen LogP contribution < -0.4 is 5.32 Å². The summed E-state index contributed by atoms with van der Waals surface area (Å²) in [6.45, 7) is 3.21. The first kappa shape index (κ1) is 14.0. The second-order valence-corrected chi connectivity index (χ2v) is 4.90. The molecule has 2 rings (SSSR count). The van der Waals surface area contributed by atoms with Gasteiger partial charge in [0.15, 0.2) is 0 Å². The van der Waals surface area contributed by atoms with Gasteiger partial charge in [0.05, 0.1) is 11.7 Å². The number of rotatable bonds is 5. The number of carboxylic acids is 1. The Hall–Kier alpha value is -2.37. The molecule has 0 fully saturated rings. The molecule has 0 radical (unpaired) electrons. The first-order valence-corrected chi connectivity index (χ1v) is 6.41. The molecule has 6 heteroatoms. The summed E-state index contributed by atoms with van der Waals surface area (Å²) in [4.78, 5) is 23.2. The van der Waals surface area contributed by atoms with Crippen LogP contribution in [-0.4, -0.2) is 32.3 Å². The van der Waals surface area contributed by atoms with Crippen LogP contribution in [0.15, 0.2) is 30.5 Å². The Morgan fingerprint density at radius 1 is 1.40 bits per heavy atom. The van der Waals surface area contributed by atoms with Crippen molar-refractivity contribution in [3.05, 3.63) is 30.5 Å². The largest absolute Gasteiger partial charge is 0.480 e. The molecule has 0 saturated heterocycles. The van der Waals surface area contributed by atoms with Crippen LogP contribution >= 0.6 is 0 Å². The van der Waals surface area contributed by atoms with Crippen LogP contribution in [0.5, 0.6) is 0 Å². The third-order valence-electron chi connectivity index (χ3n) is 3.44. The fourth-order valence-corrected chi connectivity index (χ4v) is 1.93. The van der Waals surface area contributed by atoms with Gasteiger partial charge in [0.1, 0.15) is 12.1 Å². The number of nitrogens with zero attached hydrogens (tertiary/aromatic N) is 2. The Kier molecular flexibility index (Phi) is 3.74. The number of carbonyl (C=O) groups excluding carboxylic acids is 1. The highest BCUT2D eigenvalue weighted by atomic mass is 16.4. The van der Waals surface area contributed by atoms with Crippen LogP contribution in [0.4, 0.5) is 0 Å². The molecular formula is C14H17N3O3. The number of carbonyl (C=O) groups is 2. The lowest BCUT2D eigenvalue weighted by molar-refractivity contribution is -0.147. The van der Waals surface area contributed by atoms with E-state index in [0.717, 1.165) is 10.9 Å². The predicted octanol–water partition coefficient (Wildman–Crippen LogP) is 1.41. The van der Waals surface area contributed by atoms with Gasteiger partial charge in [-0.15, -0.1) is 0 Å². The van der Waals surface area contributed by atoms with E-state index in [4.69, 9.17) is 5.11 Å². The zero-order chi connectivity index (χ0) is 14.8. The van der Waals surface area contributed by atoms with Crippen molar-refractivity contribution in [1.29, 1.82) is 0 Å². The number of nitrogens with one attached hydrogen (secondary N) is 1. The van der Waals surface area contributed by atoms with Crippen LogP contribution in [0.2, 0.25) is 0 Å². The topological polar surface area (TPSA) is 84.2 Å². The Bertz CT molecular complexity index is 650. The molecule has 1 amide bonds. The van der Waals surface area contributed by atoms with Crippen molar-refractivity contribution in [2.75, 3.05) is 0 Å². The second kappa shape index (κ2) is 5.32. The molecule has 20 heavy (non-hydrogen) atoms. The predicted molar refractivity (Wildman–Crippen MR) is 74.2 cm³/mol. The van der Waals surface area contributed by atoms with E-state index in [2.05, 4.69) is 10.4 Å². The molecule has 106 valence electrons. The number of aliphatic carboxylic acids is 1. The number of para-hydroxylation sites is 1. The minimum Gasteiger partial charge on any atom is -0.480 e. The zero-order valence-corrected chi connectivity index (χ0v) is 11.5. The highest BCUT2D eigenvalue weighted by molar-refractivity contribution is 5.87. The number of fused-ring (bicyclic) bond motifs is 1. The average Bonchev–Trinajstić information content (AvgIpc) is 2.82. The lowest BCUT2D eigenvalue weighted by atomic mass is 9.99. The van der Waals surface area contributed by atoms with E-state index >= 15 is 0 Å². The molecule has 1 heterocycles. The van der Waals surface area contributed by atoms with Crippen LogP contribution in [-0.2, 0) is 16.1 Å². The number of aromatic nitrogens is 2. The van der Waals surface area contributed by atoms with Gasteiger partial charge < -0.3 is 10.4 Å². The van der Waals surface area contributed by atoms with Crippen molar-refractivity contribution in [2.45, 2.75) is 32.4 Å². The summed E-state index contributed by atoms with van der Waals surface area (Å²) in [6.07, 6.45) is 1.99. The zero-order valence-electron chi connectivity index (χ0n) is 11.5. The number of carboxylic acid groups (broad SMARTS) is 1. The third kappa shape index (κ3) is 2.64. The summed E-state index contributed by atoms with van der Waals surface area (Å²) in [7, 11) is 0. The smallest absolute Gasteiger partial charge is 0.329 e. The Morgan fingerprint density at radius 3 is 2.75 bits per heavy atom. The van der Waals surface area contributed by atoms with Gasteiger partial charge in [-0.1, -0.05) is 25.1 Å². The van der Waals surface area contributed by atoms with Gasteiger partial charge in [-0.2, -0.15) is 5.10 Å². The second-order valence-electron chi connectivity index (χ2n) is 4.90. The van der Waals surface area contributed by atoms with E-state index in [9.17, 15) is 9.59 Å². The highest BCUT2D eigenvalue weighted by Gasteiger charge is 2.32. The summed E-state index contributed by atoms with van der Waals surface area (Å²) in [5, 5.41) is 16.8. The molecular weight excluding hydrogens is 258 g/mol. The molecule has 0 aliphatic rings. The minimum atomic E-state index is -1.25. The van der Waals surface area contributed by atoms with Crippen LogP contribution in [0.1, 0.15) is 20.3 Å². The molecule has 1 unspecified atom stereocenters. The monoisotopic (exact) mass is 275 g/mol. The van der Waals surface area contributed by atoms with E-state index in [1.54, 1.807) is 17.8 Å². The SMILES string of the molecule is CCC(C)(NC(=O)Cn1ncc2ccccc21)C(=O)O. The van der Waals surface area contributed by atoms with Gasteiger partial charge in [-0.25, -0.2) is 4.79 Å². The van der Waals surface area contributed by atoms with Gasteiger partial charge >= 0.3 is 5.97 Å². The molecule has 6 nitrogen and oxygen atoms in total. The summed E-state index contributed by atoms with van der Waals surface area (Å²) in [5.74, 6) is -1.41. The molecule has 0 aliphatic heterocycles. The van der Waals surface area contributed by atoms with Crippen LogP contribution in [0.25, 0.3) is 10.9 Å². The number of hydrogen-bond donors (Lipinski definition) is 2. The molecule has 2 aromatic rings. The lowest BCUT2D eigenvalue weighted by Crippen LogP contribution is -2.52. The van der Waals surface area contributed by atoms with Crippen molar-refractivity contribution < 1.29 is 14.7 Å². The van der Waals surface area contributed by atoms with Crippen molar-refractivity contribution in [3.63, 3.8) is 0 Å². The number of hydrogen-bond acceptors (Lipinski definition) is 3. The van der Waals surface area contributed by atoms with E-state index in [0.29, 0.717) is 6.42 Å². The highest BCUT2D eigenvalue weighted by Crippen LogP contribution is 2.13. The Labute approximate surface area is 116 Å². The van der Waals surface area contributed by atoms with Gasteiger partial charge in [0.2, 0.25) is 5.91 Å². The van der Waals surface area contributed by atoms with E-state index in [1.165, 1.54) is 6.92 Å². The standard InChI is InChI=1S/C14H17N3O3/c1-3-14(2,13(19)20)16-12(18)9-17-11-7-5-4-6-10(11)8-15-17/h4-8H,3,9H2,1-2H3,(H,16,18)(H,19,20). The fourth-order valence-electron chi connectivity index (χ4n) is 1.93. The van der Waals surface area contributed by atoms with Gasteiger partial charge in [0.25, 0.3) is 0 Å². The molecule has 0 saturated carbocycles. The maximum absolute atomic E-state index is 12.0. The van der Waals surface area contributed by atoms with Crippen molar-refractivity contribution in [1.82, 2.24) is 15.1 Å². The lowest BCUT2D eigenvalue weighted by Gasteiger charge is -2.24. The van der Waals surface area contributed by atoms with E-state index in [1.807, 2.05) is 24.3 Å². The van der Waals surface area contributed by atoms with Gasteiger partial charge in [-0.3, -0.25) is 9.48 Å². The first-order valence-electron chi connectivity index (χ1n) is 6.41. The van der Waals surface area contributed by atoms with Crippen LogP contribution in [0.3, 0.4) is 0 Å². The number of amides is 1. The molecule has 1 aromatic carbocycles. The Morgan fingerprint density at radius 2 is 2.10 bits per heavy atom. The van der Waals surface area contributed by atoms with Gasteiger partial charge in [-0.05, 0) is 19.4 Å². The van der Waals surface area contributed by atoms with Gasteiger partial charge in [0, 0.05) is 5.39 Å². The maximum Gasteiger partial charge on any atom is 0.329 e. The maximum atomic E-state index is 12.0. The molecule has 2 N–H and O–H groups in total. The normalized spacial score (nSPS) is 13.9. The molecule has 0 aliphatic carbocycles. The summed E-state index contributed by atoms with van der Waals surface area (Å²) < 4.78 is 1.56. The molecule has 1 aromatic heterocycles. The molecule has 0 spiro atoms. The van der Waals surface area contributed by atoms with E-state index in [-0.39, 0.29) is 12.5 Å². The van der Waals surface area contributed by atoms with E-state index < -0.39 is 11.5 Å². The summed E-state index contributed by atoms with van der Waals surface area (Å²) >= 11 is 0. The fraction of sp³-hybridized carbons (Fsp3) is 0.357. The molecule has 0 bridgehead atoms. The average molecular weight is 275 g/mol. The Balaban J connectivity index is 2.14. The minimum absolute atomic E-state index is 0.00359. The number of benzene rings is 1. The van der Waals surface area contributed by atoms with Crippen LogP contribution in [0, 0.1) is 0 Å². The van der Waals surface area contributed by atoms with Crippen molar-refractivity contribution in [3.8, 4) is 0 Å². The quantitative estimate of drug-likeness (QED) is 0.864. The summed E-state index contributed by atoms with van der Waals surface area (Å²) in [5.41, 5.74) is -0.406. The van der Waals surface area contributed by atoms with Crippen molar-refractivity contribution >= 4 is 22.8 Å². The third-order valence-corrected chi connectivity index (χ3v) is 3.44. The van der Waals surface area contributed by atoms with Crippen molar-refractivity contribution in [2.24, 2.45) is 0 Å². The molecule has 1 atom stereocenters. The summed E-state index contributed by atoms with van der Waals surface area (Å²) in [6, 6.07) is 7.54.